The second-order valence-corrected chi connectivity index (χ2v) is 2.70. The van der Waals surface area contributed by atoms with Crippen molar-refractivity contribution in [3.8, 4) is 0 Å². The van der Waals surface area contributed by atoms with Crippen LogP contribution < -0.4 is 5.56 Å². The highest BCUT2D eigenvalue weighted by Gasteiger charge is 2.01. The molecule has 0 saturated carbocycles. The lowest BCUT2D eigenvalue weighted by atomic mass is 10.5. The second kappa shape index (κ2) is 3.24. The summed E-state index contributed by atoms with van der Waals surface area (Å²) in [6, 6.07) is 1.25. The van der Waals surface area contributed by atoms with E-state index >= 15 is 0 Å². The quantitative estimate of drug-likeness (QED) is 0.678. The summed E-state index contributed by atoms with van der Waals surface area (Å²) in [7, 11) is 0. The Morgan fingerprint density at radius 1 is 1.64 bits per heavy atom. The second-order valence-electron chi connectivity index (χ2n) is 1.94. The molecule has 60 valence electrons. The Bertz CT molecular complexity index is 321. The van der Waals surface area contributed by atoms with Crippen molar-refractivity contribution < 1.29 is 0 Å². The highest BCUT2D eigenvalue weighted by molar-refractivity contribution is 6.41. The minimum atomic E-state index is -0.234. The summed E-state index contributed by atoms with van der Waals surface area (Å²) in [5.41, 5.74) is -0.234. The summed E-state index contributed by atoms with van der Waals surface area (Å²) in [6.45, 7) is 2.30. The van der Waals surface area contributed by atoms with Crippen LogP contribution in [0.1, 0.15) is 6.92 Å². The van der Waals surface area contributed by atoms with Crippen molar-refractivity contribution in [2.24, 2.45) is 0 Å². The zero-order valence-corrected chi connectivity index (χ0v) is 7.35. The molecule has 1 heterocycles. The number of hydrogen-bond acceptors (Lipinski definition) is 2. The van der Waals surface area contributed by atoms with Crippen LogP contribution in [0.4, 0.5) is 0 Å². The summed E-state index contributed by atoms with van der Waals surface area (Å²) in [5, 5.41) is 4.08. The van der Waals surface area contributed by atoms with E-state index in [0.29, 0.717) is 6.54 Å². The standard InChI is InChI=1S/C6H6Cl2N2O/c1-2-10-5(11)3-4(7)6(8)9-10/h3H,2H2,1H3. The van der Waals surface area contributed by atoms with Crippen LogP contribution in [-0.2, 0) is 6.54 Å². The van der Waals surface area contributed by atoms with Gasteiger partial charge in [-0.15, -0.1) is 0 Å². The van der Waals surface area contributed by atoms with Gasteiger partial charge in [0.05, 0.1) is 5.02 Å². The molecule has 0 N–H and O–H groups in total. The molecule has 0 aliphatic carbocycles. The highest BCUT2D eigenvalue weighted by atomic mass is 35.5. The Labute approximate surface area is 73.5 Å². The van der Waals surface area contributed by atoms with E-state index in [1.54, 1.807) is 6.92 Å². The number of halogens is 2. The summed E-state index contributed by atoms with van der Waals surface area (Å²) in [4.78, 5) is 11.0. The number of rotatable bonds is 1. The first-order valence-electron chi connectivity index (χ1n) is 3.08. The maximum atomic E-state index is 11.0. The van der Waals surface area contributed by atoms with Crippen molar-refractivity contribution >= 4 is 23.2 Å². The van der Waals surface area contributed by atoms with Gasteiger partial charge < -0.3 is 0 Å². The Kier molecular flexibility index (Phi) is 2.52. The van der Waals surface area contributed by atoms with Gasteiger partial charge in [0.1, 0.15) is 0 Å². The molecule has 3 nitrogen and oxygen atoms in total. The van der Waals surface area contributed by atoms with Crippen LogP contribution in [0.15, 0.2) is 10.9 Å². The van der Waals surface area contributed by atoms with Crippen LogP contribution in [0, 0.1) is 0 Å². The van der Waals surface area contributed by atoms with E-state index in [1.807, 2.05) is 0 Å². The molecular formula is C6H6Cl2N2O. The zero-order valence-electron chi connectivity index (χ0n) is 5.84. The van der Waals surface area contributed by atoms with Gasteiger partial charge in [0.15, 0.2) is 5.15 Å². The molecule has 11 heavy (non-hydrogen) atoms. The first kappa shape index (κ1) is 8.56. The molecule has 0 atom stereocenters. The first-order chi connectivity index (χ1) is 5.15. The number of aryl methyl sites for hydroxylation is 1. The van der Waals surface area contributed by atoms with Crippen LogP contribution in [-0.4, -0.2) is 9.78 Å². The molecule has 0 radical (unpaired) electrons. The lowest BCUT2D eigenvalue weighted by Gasteiger charge is -1.99. The molecular weight excluding hydrogens is 187 g/mol. The van der Waals surface area contributed by atoms with E-state index in [4.69, 9.17) is 23.2 Å². The number of hydrogen-bond donors (Lipinski definition) is 0. The zero-order chi connectivity index (χ0) is 8.43. The fourth-order valence-corrected chi connectivity index (χ4v) is 0.949. The molecule has 1 rings (SSSR count). The number of nitrogens with zero attached hydrogens (tertiary/aromatic N) is 2. The third-order valence-corrected chi connectivity index (χ3v) is 1.87. The van der Waals surface area contributed by atoms with Crippen molar-refractivity contribution in [2.45, 2.75) is 13.5 Å². The Balaban J connectivity index is 3.32. The molecule has 0 unspecified atom stereocenters. The minimum absolute atomic E-state index is 0.160. The topological polar surface area (TPSA) is 34.9 Å². The Morgan fingerprint density at radius 3 is 2.82 bits per heavy atom. The first-order valence-corrected chi connectivity index (χ1v) is 3.84. The van der Waals surface area contributed by atoms with E-state index < -0.39 is 0 Å². The molecule has 0 aliphatic heterocycles. The van der Waals surface area contributed by atoms with Gasteiger partial charge in [0.2, 0.25) is 0 Å². The van der Waals surface area contributed by atoms with E-state index in [1.165, 1.54) is 10.7 Å². The van der Waals surface area contributed by atoms with Gasteiger partial charge in [-0.3, -0.25) is 4.79 Å². The molecule has 0 fully saturated rings. The van der Waals surface area contributed by atoms with Crippen LogP contribution >= 0.6 is 23.2 Å². The fraction of sp³-hybridized carbons (Fsp3) is 0.333. The summed E-state index contributed by atoms with van der Waals surface area (Å²) < 4.78 is 1.24. The van der Waals surface area contributed by atoms with Crippen molar-refractivity contribution in [3.05, 3.63) is 26.6 Å². The third kappa shape index (κ3) is 1.73. The average molecular weight is 193 g/mol. The monoisotopic (exact) mass is 192 g/mol. The van der Waals surface area contributed by atoms with E-state index in [0.717, 1.165) is 0 Å². The Hall–Kier alpha value is -0.540. The van der Waals surface area contributed by atoms with Crippen LogP contribution in [0.25, 0.3) is 0 Å². The molecule has 1 aromatic rings. The van der Waals surface area contributed by atoms with Crippen molar-refractivity contribution in [3.63, 3.8) is 0 Å². The van der Waals surface area contributed by atoms with Crippen molar-refractivity contribution in [1.29, 1.82) is 0 Å². The molecule has 0 amide bonds. The van der Waals surface area contributed by atoms with Gasteiger partial charge in [0.25, 0.3) is 5.56 Å². The van der Waals surface area contributed by atoms with E-state index in [9.17, 15) is 4.79 Å². The maximum Gasteiger partial charge on any atom is 0.268 e. The molecule has 0 aliphatic rings. The lowest BCUT2D eigenvalue weighted by Crippen LogP contribution is -2.20. The van der Waals surface area contributed by atoms with E-state index in [-0.39, 0.29) is 15.7 Å². The van der Waals surface area contributed by atoms with Gasteiger partial charge in [-0.25, -0.2) is 4.68 Å². The summed E-state index contributed by atoms with van der Waals surface area (Å²) >= 11 is 11.1. The fourth-order valence-electron chi connectivity index (χ4n) is 0.672. The van der Waals surface area contributed by atoms with Gasteiger partial charge in [-0.2, -0.15) is 5.10 Å². The van der Waals surface area contributed by atoms with Crippen LogP contribution in [0.5, 0.6) is 0 Å². The lowest BCUT2D eigenvalue weighted by molar-refractivity contribution is 0.616. The SMILES string of the molecule is CCn1nc(Cl)c(Cl)cc1=O. The average Bonchev–Trinajstić information content (AvgIpc) is 1.97. The Morgan fingerprint density at radius 2 is 2.27 bits per heavy atom. The van der Waals surface area contributed by atoms with Crippen molar-refractivity contribution in [1.82, 2.24) is 9.78 Å². The highest BCUT2D eigenvalue weighted by Crippen LogP contribution is 2.14. The number of aromatic nitrogens is 2. The van der Waals surface area contributed by atoms with Gasteiger partial charge in [0, 0.05) is 12.6 Å². The maximum absolute atomic E-state index is 11.0. The minimum Gasteiger partial charge on any atom is -0.268 e. The normalized spacial score (nSPS) is 10.1. The van der Waals surface area contributed by atoms with Gasteiger partial charge in [-0.1, -0.05) is 23.2 Å². The predicted octanol–water partition coefficient (Wildman–Crippen LogP) is 1.57. The molecule has 1 aromatic heterocycles. The van der Waals surface area contributed by atoms with E-state index in [2.05, 4.69) is 5.10 Å². The summed E-state index contributed by atoms with van der Waals surface area (Å²) in [6.07, 6.45) is 0. The van der Waals surface area contributed by atoms with Gasteiger partial charge in [-0.05, 0) is 6.92 Å². The molecule has 0 spiro atoms. The largest absolute Gasteiger partial charge is 0.268 e. The van der Waals surface area contributed by atoms with Crippen LogP contribution in [0.3, 0.4) is 0 Å². The summed E-state index contributed by atoms with van der Waals surface area (Å²) in [5.74, 6) is 0. The van der Waals surface area contributed by atoms with Crippen LogP contribution in [0.2, 0.25) is 10.2 Å². The smallest absolute Gasteiger partial charge is 0.268 e. The van der Waals surface area contributed by atoms with Gasteiger partial charge >= 0.3 is 0 Å². The third-order valence-electron chi connectivity index (χ3n) is 1.21. The molecule has 0 saturated heterocycles. The molecule has 0 bridgehead atoms. The van der Waals surface area contributed by atoms with Crippen molar-refractivity contribution in [2.75, 3.05) is 0 Å². The predicted molar refractivity (Wildman–Crippen MR) is 44.2 cm³/mol. The molecule has 5 heteroatoms. The molecule has 0 aromatic carbocycles.